The van der Waals surface area contributed by atoms with Crippen LogP contribution in [0.4, 0.5) is 0 Å². The van der Waals surface area contributed by atoms with Crippen molar-refractivity contribution in [2.45, 2.75) is 38.3 Å². The minimum atomic E-state index is -0.269. The fourth-order valence-corrected chi connectivity index (χ4v) is 3.45. The highest BCUT2D eigenvalue weighted by Crippen LogP contribution is 2.25. The van der Waals surface area contributed by atoms with Crippen LogP contribution >= 0.6 is 0 Å². The number of nitrogens with one attached hydrogen (secondary N) is 2. The van der Waals surface area contributed by atoms with Gasteiger partial charge in [0.1, 0.15) is 5.52 Å². The van der Waals surface area contributed by atoms with Gasteiger partial charge in [-0.05, 0) is 25.3 Å². The summed E-state index contributed by atoms with van der Waals surface area (Å²) in [6, 6.07) is 0. The van der Waals surface area contributed by atoms with E-state index in [1.54, 1.807) is 0 Å². The zero-order valence-electron chi connectivity index (χ0n) is 13.3. The Morgan fingerprint density at radius 2 is 2.17 bits per heavy atom. The van der Waals surface area contributed by atoms with Crippen molar-refractivity contribution in [3.05, 3.63) is 28.4 Å². The Hall–Kier alpha value is -1.70. The summed E-state index contributed by atoms with van der Waals surface area (Å²) >= 11 is 0. The summed E-state index contributed by atoms with van der Waals surface area (Å²) in [6.45, 7) is 3.01. The summed E-state index contributed by atoms with van der Waals surface area (Å²) in [6.07, 6.45) is 7.36. The molecule has 2 aromatic rings. The van der Waals surface area contributed by atoms with Crippen molar-refractivity contribution >= 4 is 11.0 Å². The second-order valence-corrected chi connectivity index (χ2v) is 6.43. The first-order chi connectivity index (χ1) is 11.2. The average Bonchev–Trinajstić information content (AvgIpc) is 3.09. The van der Waals surface area contributed by atoms with Crippen LogP contribution in [0.2, 0.25) is 0 Å². The predicted octanol–water partition coefficient (Wildman–Crippen LogP) is 0.563. The van der Waals surface area contributed by atoms with E-state index in [1.807, 2.05) is 6.20 Å². The number of aromatic nitrogens is 3. The highest BCUT2D eigenvalue weighted by Gasteiger charge is 2.31. The number of hydrogen-bond donors (Lipinski definition) is 4. The quantitative estimate of drug-likeness (QED) is 0.557. The van der Waals surface area contributed by atoms with Crippen LogP contribution in [0, 0.1) is 5.92 Å². The molecule has 1 fully saturated rings. The summed E-state index contributed by atoms with van der Waals surface area (Å²) in [7, 11) is 0. The number of unbranched alkanes of at least 4 members (excludes halogenated alkanes) is 2. The average molecular weight is 319 g/mol. The molecule has 2 aromatic heterocycles. The molecule has 5 N–H and O–H groups in total. The number of aliphatic hydroxyl groups is 1. The third-order valence-corrected chi connectivity index (χ3v) is 4.70. The first-order valence-corrected chi connectivity index (χ1v) is 8.33. The van der Waals surface area contributed by atoms with E-state index in [9.17, 15) is 9.90 Å². The molecule has 2 atom stereocenters. The maximum Gasteiger partial charge on any atom is 0.275 e. The highest BCUT2D eigenvalue weighted by atomic mass is 16.3. The zero-order chi connectivity index (χ0) is 16.2. The molecule has 3 heterocycles. The first kappa shape index (κ1) is 16.2. The lowest BCUT2D eigenvalue weighted by molar-refractivity contribution is 0.136. The standard InChI is InChI=1S/C16H25N5O2/c17-5-3-1-2-4-11-7-21(9-13(11)22)8-12-6-18-15-14(12)19-10-20-16(15)23/h6,10-11,13,18,22H,1-5,7-9,17H2,(H,19,20,23)/t11-,13-/m1/s1. The molecule has 0 saturated carbocycles. The number of rotatable bonds is 7. The number of hydrogen-bond acceptors (Lipinski definition) is 5. The third-order valence-electron chi connectivity index (χ3n) is 4.70. The molecule has 7 heteroatoms. The van der Waals surface area contributed by atoms with Crippen LogP contribution in [0.25, 0.3) is 11.0 Å². The van der Waals surface area contributed by atoms with Gasteiger partial charge in [-0.2, -0.15) is 0 Å². The SMILES string of the molecule is NCCCCC[C@@H]1CN(Cc2c[nH]c3c(=O)[nH]cnc23)C[C@H]1O. The van der Waals surface area contributed by atoms with Gasteiger partial charge < -0.3 is 20.8 Å². The second-order valence-electron chi connectivity index (χ2n) is 6.43. The third kappa shape index (κ3) is 3.63. The largest absolute Gasteiger partial charge is 0.391 e. The summed E-state index contributed by atoms with van der Waals surface area (Å²) in [5, 5.41) is 10.3. The second kappa shape index (κ2) is 7.25. The van der Waals surface area contributed by atoms with Gasteiger partial charge in [-0.1, -0.05) is 12.8 Å². The Morgan fingerprint density at radius 1 is 1.30 bits per heavy atom. The number of nitrogens with two attached hydrogens (primary N) is 1. The minimum Gasteiger partial charge on any atom is -0.391 e. The number of nitrogens with zero attached hydrogens (tertiary/aromatic N) is 2. The number of aliphatic hydroxyl groups excluding tert-OH is 1. The smallest absolute Gasteiger partial charge is 0.275 e. The molecule has 0 spiro atoms. The van der Waals surface area contributed by atoms with E-state index < -0.39 is 0 Å². The molecule has 23 heavy (non-hydrogen) atoms. The number of likely N-dealkylation sites (tertiary alicyclic amines) is 1. The van der Waals surface area contributed by atoms with E-state index in [0.717, 1.165) is 49.9 Å². The van der Waals surface area contributed by atoms with Crippen LogP contribution in [-0.2, 0) is 6.54 Å². The van der Waals surface area contributed by atoms with Crippen LogP contribution < -0.4 is 11.3 Å². The normalized spacial score (nSPS) is 22.2. The van der Waals surface area contributed by atoms with E-state index in [-0.39, 0.29) is 11.7 Å². The Kier molecular flexibility index (Phi) is 5.09. The topological polar surface area (TPSA) is 111 Å². The lowest BCUT2D eigenvalue weighted by Gasteiger charge is -2.15. The first-order valence-electron chi connectivity index (χ1n) is 8.33. The van der Waals surface area contributed by atoms with Gasteiger partial charge in [0.15, 0.2) is 0 Å². The monoisotopic (exact) mass is 319 g/mol. The van der Waals surface area contributed by atoms with Gasteiger partial charge in [-0.15, -0.1) is 0 Å². The fourth-order valence-electron chi connectivity index (χ4n) is 3.45. The van der Waals surface area contributed by atoms with Crippen LogP contribution in [0.1, 0.15) is 31.2 Å². The molecule has 126 valence electrons. The van der Waals surface area contributed by atoms with Crippen LogP contribution in [-0.4, -0.2) is 50.7 Å². The Labute approximate surface area is 134 Å². The minimum absolute atomic E-state index is 0.152. The molecule has 0 amide bonds. The van der Waals surface area contributed by atoms with E-state index in [1.165, 1.54) is 6.33 Å². The van der Waals surface area contributed by atoms with Gasteiger partial charge >= 0.3 is 0 Å². The maximum atomic E-state index is 11.7. The van der Waals surface area contributed by atoms with E-state index in [4.69, 9.17) is 5.73 Å². The van der Waals surface area contributed by atoms with Gasteiger partial charge in [-0.3, -0.25) is 9.69 Å². The summed E-state index contributed by atoms with van der Waals surface area (Å²) < 4.78 is 0. The maximum absolute atomic E-state index is 11.7. The number of aromatic amines is 2. The molecule has 7 nitrogen and oxygen atoms in total. The van der Waals surface area contributed by atoms with Gasteiger partial charge in [0.2, 0.25) is 0 Å². The van der Waals surface area contributed by atoms with Crippen LogP contribution in [0.3, 0.4) is 0 Å². The van der Waals surface area contributed by atoms with Crippen molar-refractivity contribution in [3.63, 3.8) is 0 Å². The van der Waals surface area contributed by atoms with E-state index in [2.05, 4.69) is 19.9 Å². The van der Waals surface area contributed by atoms with Crippen molar-refractivity contribution < 1.29 is 5.11 Å². The molecule has 0 aromatic carbocycles. The highest BCUT2D eigenvalue weighted by molar-refractivity contribution is 5.77. The predicted molar refractivity (Wildman–Crippen MR) is 89.0 cm³/mol. The van der Waals surface area contributed by atoms with Gasteiger partial charge in [-0.25, -0.2) is 4.98 Å². The molecule has 0 radical (unpaired) electrons. The number of β-amino-alcohol motifs (C(OH)–C–C–N with tert-alkyl or cyclic N) is 1. The van der Waals surface area contributed by atoms with Crippen LogP contribution in [0.5, 0.6) is 0 Å². The summed E-state index contributed by atoms with van der Waals surface area (Å²) in [4.78, 5) is 23.8. The van der Waals surface area contributed by atoms with Crippen LogP contribution in [0.15, 0.2) is 17.3 Å². The summed E-state index contributed by atoms with van der Waals surface area (Å²) in [5.74, 6) is 0.328. The molecule has 0 bridgehead atoms. The molecule has 1 aliphatic heterocycles. The van der Waals surface area contributed by atoms with E-state index in [0.29, 0.717) is 24.5 Å². The van der Waals surface area contributed by atoms with Gasteiger partial charge in [0.25, 0.3) is 5.56 Å². The van der Waals surface area contributed by atoms with Gasteiger partial charge in [0, 0.05) is 31.4 Å². The molecule has 3 rings (SSSR count). The van der Waals surface area contributed by atoms with Crippen molar-refractivity contribution in [1.82, 2.24) is 19.9 Å². The summed E-state index contributed by atoms with van der Waals surface area (Å²) in [5.41, 5.74) is 7.59. The molecule has 0 unspecified atom stereocenters. The molecule has 1 saturated heterocycles. The molecular weight excluding hydrogens is 294 g/mol. The Bertz CT molecular complexity index is 695. The van der Waals surface area contributed by atoms with Crippen molar-refractivity contribution in [2.75, 3.05) is 19.6 Å². The number of fused-ring (bicyclic) bond motifs is 1. The zero-order valence-corrected chi connectivity index (χ0v) is 13.3. The molecule has 1 aliphatic rings. The Balaban J connectivity index is 1.60. The Morgan fingerprint density at radius 3 is 3.00 bits per heavy atom. The van der Waals surface area contributed by atoms with Crippen molar-refractivity contribution in [3.8, 4) is 0 Å². The van der Waals surface area contributed by atoms with Gasteiger partial charge in [0.05, 0.1) is 17.9 Å². The lowest BCUT2D eigenvalue weighted by Crippen LogP contribution is -2.21. The lowest BCUT2D eigenvalue weighted by atomic mass is 9.98. The fraction of sp³-hybridized carbons (Fsp3) is 0.625. The van der Waals surface area contributed by atoms with Crippen molar-refractivity contribution in [2.24, 2.45) is 11.7 Å². The molecule has 0 aliphatic carbocycles. The molecular formula is C16H25N5O2. The van der Waals surface area contributed by atoms with Crippen molar-refractivity contribution in [1.29, 1.82) is 0 Å². The number of H-pyrrole nitrogens is 2. The van der Waals surface area contributed by atoms with E-state index >= 15 is 0 Å².